The van der Waals surface area contributed by atoms with Gasteiger partial charge in [0, 0.05) is 18.9 Å². The average molecular weight is 250 g/mol. The lowest BCUT2D eigenvalue weighted by Gasteiger charge is -2.24. The lowest BCUT2D eigenvalue weighted by Crippen LogP contribution is -2.30. The number of fused-ring (bicyclic) bond motifs is 1. The largest absolute Gasteiger partial charge is 0.379 e. The molecule has 1 fully saturated rings. The third-order valence-electron chi connectivity index (χ3n) is 2.59. The van der Waals surface area contributed by atoms with Crippen LogP contribution in [0.4, 0.5) is 5.82 Å². The molecule has 90 valence electrons. The van der Waals surface area contributed by atoms with E-state index in [1.54, 1.807) is 18.0 Å². The Balaban J connectivity index is 1.96. The Kier molecular flexibility index (Phi) is 2.90. The number of hydrogen-bond acceptors (Lipinski definition) is 5. The third kappa shape index (κ3) is 2.10. The summed E-state index contributed by atoms with van der Waals surface area (Å²) in [7, 11) is 0. The van der Waals surface area contributed by atoms with Gasteiger partial charge in [-0.25, -0.2) is 9.97 Å². The molecule has 2 aromatic heterocycles. The van der Waals surface area contributed by atoms with E-state index in [2.05, 4.69) is 22.2 Å². The fourth-order valence-corrected chi connectivity index (χ4v) is 2.75. The van der Waals surface area contributed by atoms with Crippen LogP contribution >= 0.6 is 11.8 Å². The van der Waals surface area contributed by atoms with E-state index in [1.807, 2.05) is 16.8 Å². The molecule has 0 amide bonds. The summed E-state index contributed by atoms with van der Waals surface area (Å²) in [6.45, 7) is 4.55. The van der Waals surface area contributed by atoms with Crippen LogP contribution in [0.5, 0.6) is 0 Å². The molecule has 0 unspecified atom stereocenters. The van der Waals surface area contributed by atoms with E-state index in [4.69, 9.17) is 4.74 Å². The maximum absolute atomic E-state index is 5.19. The summed E-state index contributed by atoms with van der Waals surface area (Å²) in [5.74, 6) is 0.890. The second-order valence-electron chi connectivity index (χ2n) is 3.90. The summed E-state index contributed by atoms with van der Waals surface area (Å²) in [5, 5.41) is 4.72. The van der Waals surface area contributed by atoms with E-state index < -0.39 is 0 Å². The SMILES string of the molecule is CCNc1cn2ccnc2c(SC2COC2)n1. The van der Waals surface area contributed by atoms with Crippen molar-refractivity contribution in [2.24, 2.45) is 0 Å². The van der Waals surface area contributed by atoms with Crippen molar-refractivity contribution in [1.29, 1.82) is 0 Å². The predicted octanol–water partition coefficient (Wildman–Crippen LogP) is 1.65. The van der Waals surface area contributed by atoms with Gasteiger partial charge in [0.05, 0.1) is 24.7 Å². The van der Waals surface area contributed by atoms with Gasteiger partial charge in [0.1, 0.15) is 10.8 Å². The zero-order valence-corrected chi connectivity index (χ0v) is 10.4. The molecule has 0 radical (unpaired) electrons. The van der Waals surface area contributed by atoms with Crippen molar-refractivity contribution in [2.75, 3.05) is 25.1 Å². The van der Waals surface area contributed by atoms with Crippen molar-refractivity contribution in [3.63, 3.8) is 0 Å². The number of aromatic nitrogens is 3. The highest BCUT2D eigenvalue weighted by molar-refractivity contribution is 8.00. The molecule has 0 saturated carbocycles. The monoisotopic (exact) mass is 250 g/mol. The Bertz CT molecular complexity index is 523. The minimum atomic E-state index is 0.514. The first-order chi connectivity index (χ1) is 8.36. The maximum Gasteiger partial charge on any atom is 0.169 e. The number of rotatable bonds is 4. The molecule has 17 heavy (non-hydrogen) atoms. The molecule has 1 N–H and O–H groups in total. The fraction of sp³-hybridized carbons (Fsp3) is 0.455. The lowest BCUT2D eigenvalue weighted by molar-refractivity contribution is 0.0455. The lowest BCUT2D eigenvalue weighted by atomic mass is 10.4. The van der Waals surface area contributed by atoms with Crippen molar-refractivity contribution in [1.82, 2.24) is 14.4 Å². The van der Waals surface area contributed by atoms with Crippen LogP contribution in [0.3, 0.4) is 0 Å². The van der Waals surface area contributed by atoms with Crippen LogP contribution in [-0.2, 0) is 4.74 Å². The van der Waals surface area contributed by atoms with Gasteiger partial charge in [-0.2, -0.15) is 0 Å². The molecule has 3 rings (SSSR count). The second kappa shape index (κ2) is 4.54. The smallest absolute Gasteiger partial charge is 0.169 e. The van der Waals surface area contributed by atoms with Crippen LogP contribution < -0.4 is 5.32 Å². The Hall–Kier alpha value is -1.27. The molecular formula is C11H14N4OS. The van der Waals surface area contributed by atoms with Gasteiger partial charge in [-0.05, 0) is 6.92 Å². The van der Waals surface area contributed by atoms with Crippen LogP contribution in [0.25, 0.3) is 5.65 Å². The molecule has 6 heteroatoms. The highest BCUT2D eigenvalue weighted by Crippen LogP contribution is 2.30. The van der Waals surface area contributed by atoms with Gasteiger partial charge in [0.25, 0.3) is 0 Å². The quantitative estimate of drug-likeness (QED) is 0.894. The van der Waals surface area contributed by atoms with Crippen molar-refractivity contribution in [3.8, 4) is 0 Å². The predicted molar refractivity (Wildman–Crippen MR) is 67.6 cm³/mol. The number of ether oxygens (including phenoxy) is 1. The van der Waals surface area contributed by atoms with Gasteiger partial charge in [-0.15, -0.1) is 0 Å². The maximum atomic E-state index is 5.19. The van der Waals surface area contributed by atoms with E-state index in [0.29, 0.717) is 5.25 Å². The molecule has 2 aromatic rings. The molecule has 0 aliphatic carbocycles. The zero-order chi connectivity index (χ0) is 11.7. The van der Waals surface area contributed by atoms with Crippen molar-refractivity contribution in [2.45, 2.75) is 17.2 Å². The highest BCUT2D eigenvalue weighted by Gasteiger charge is 2.22. The van der Waals surface area contributed by atoms with Gasteiger partial charge in [-0.3, -0.25) is 0 Å². The standard InChI is InChI=1S/C11H14N4OS/c1-2-12-9-5-15-4-3-13-10(15)11(14-9)17-8-6-16-7-8/h3-5,8,12H,2,6-7H2,1H3. The van der Waals surface area contributed by atoms with E-state index in [0.717, 1.165) is 36.2 Å². The van der Waals surface area contributed by atoms with Crippen molar-refractivity contribution in [3.05, 3.63) is 18.6 Å². The number of nitrogens with one attached hydrogen (secondary N) is 1. The minimum absolute atomic E-state index is 0.514. The third-order valence-corrected chi connectivity index (χ3v) is 3.69. The van der Waals surface area contributed by atoms with E-state index >= 15 is 0 Å². The summed E-state index contributed by atoms with van der Waals surface area (Å²) in [6, 6.07) is 0. The van der Waals surface area contributed by atoms with Gasteiger partial charge in [0.2, 0.25) is 0 Å². The van der Waals surface area contributed by atoms with Crippen molar-refractivity contribution >= 4 is 23.2 Å². The normalized spacial score (nSPS) is 16.1. The van der Waals surface area contributed by atoms with Crippen LogP contribution in [0.1, 0.15) is 6.92 Å². The molecule has 3 heterocycles. The van der Waals surface area contributed by atoms with E-state index in [-0.39, 0.29) is 0 Å². The van der Waals surface area contributed by atoms with Crippen molar-refractivity contribution < 1.29 is 4.74 Å². The molecule has 1 aliphatic rings. The van der Waals surface area contributed by atoms with Crippen LogP contribution in [0.15, 0.2) is 23.6 Å². The first-order valence-electron chi connectivity index (χ1n) is 5.69. The average Bonchev–Trinajstić information content (AvgIpc) is 2.71. The van der Waals surface area contributed by atoms with E-state index in [9.17, 15) is 0 Å². The summed E-state index contributed by atoms with van der Waals surface area (Å²) in [5.41, 5.74) is 0.920. The molecule has 1 aliphatic heterocycles. The molecule has 5 nitrogen and oxygen atoms in total. The van der Waals surface area contributed by atoms with Crippen LogP contribution in [0.2, 0.25) is 0 Å². The summed E-state index contributed by atoms with van der Waals surface area (Å²) < 4.78 is 7.19. The van der Waals surface area contributed by atoms with Crippen LogP contribution in [-0.4, -0.2) is 39.4 Å². The van der Waals surface area contributed by atoms with Gasteiger partial charge in [-0.1, -0.05) is 11.8 Å². The molecule has 0 spiro atoms. The van der Waals surface area contributed by atoms with Gasteiger partial charge < -0.3 is 14.5 Å². The fourth-order valence-electron chi connectivity index (χ4n) is 1.69. The number of nitrogens with zero attached hydrogens (tertiary/aromatic N) is 3. The molecule has 1 saturated heterocycles. The number of hydrogen-bond donors (Lipinski definition) is 1. The minimum Gasteiger partial charge on any atom is -0.379 e. The Morgan fingerprint density at radius 1 is 1.59 bits per heavy atom. The highest BCUT2D eigenvalue weighted by atomic mass is 32.2. The Labute approximate surface area is 104 Å². The number of imidazole rings is 1. The topological polar surface area (TPSA) is 51.5 Å². The van der Waals surface area contributed by atoms with Gasteiger partial charge in [0.15, 0.2) is 5.65 Å². The molecule has 0 bridgehead atoms. The molecule has 0 atom stereocenters. The first-order valence-corrected chi connectivity index (χ1v) is 6.57. The summed E-state index contributed by atoms with van der Waals surface area (Å²) in [4.78, 5) is 8.94. The Morgan fingerprint density at radius 2 is 2.47 bits per heavy atom. The first kappa shape index (κ1) is 10.9. The summed E-state index contributed by atoms with van der Waals surface area (Å²) in [6.07, 6.45) is 5.71. The molecule has 0 aromatic carbocycles. The zero-order valence-electron chi connectivity index (χ0n) is 9.59. The Morgan fingerprint density at radius 3 is 3.18 bits per heavy atom. The van der Waals surface area contributed by atoms with Gasteiger partial charge >= 0.3 is 0 Å². The summed E-state index contributed by atoms with van der Waals surface area (Å²) >= 11 is 1.75. The van der Waals surface area contributed by atoms with E-state index in [1.165, 1.54) is 0 Å². The number of thioether (sulfide) groups is 1. The number of anilines is 1. The second-order valence-corrected chi connectivity index (χ2v) is 5.19. The molecular weight excluding hydrogens is 236 g/mol. The van der Waals surface area contributed by atoms with Crippen LogP contribution in [0, 0.1) is 0 Å².